The van der Waals surface area contributed by atoms with E-state index in [1.54, 1.807) is 54.9 Å². The molecule has 0 atom stereocenters. The molecule has 4 aromatic rings. The summed E-state index contributed by atoms with van der Waals surface area (Å²) >= 11 is 0. The van der Waals surface area contributed by atoms with Gasteiger partial charge in [-0.15, -0.1) is 0 Å². The third kappa shape index (κ3) is 3.62. The summed E-state index contributed by atoms with van der Waals surface area (Å²) in [6.45, 7) is 0. The molecule has 0 radical (unpaired) electrons. The zero-order valence-corrected chi connectivity index (χ0v) is 14.0. The third-order valence-electron chi connectivity index (χ3n) is 3.89. The Balaban J connectivity index is 1.66. The van der Waals surface area contributed by atoms with Crippen molar-refractivity contribution >= 4 is 11.6 Å². The van der Waals surface area contributed by atoms with Crippen LogP contribution in [0.25, 0.3) is 22.5 Å². The van der Waals surface area contributed by atoms with Gasteiger partial charge in [-0.1, -0.05) is 24.3 Å². The monoisotopic (exact) mass is 361 g/mol. The SMILES string of the molecule is Fc1cccc(-c2ncnc(Nc3cccc(-c4ccncc4)c3F)n2)c1. The maximum absolute atomic E-state index is 14.9. The molecule has 0 aliphatic rings. The number of rotatable bonds is 4. The molecule has 0 saturated carbocycles. The third-order valence-corrected chi connectivity index (χ3v) is 3.89. The van der Waals surface area contributed by atoms with E-state index in [0.29, 0.717) is 16.7 Å². The highest BCUT2D eigenvalue weighted by molar-refractivity contribution is 5.70. The van der Waals surface area contributed by atoms with Crippen LogP contribution < -0.4 is 5.32 Å². The lowest BCUT2D eigenvalue weighted by molar-refractivity contribution is 0.628. The molecule has 0 bridgehead atoms. The van der Waals surface area contributed by atoms with Crippen LogP contribution in [0, 0.1) is 11.6 Å². The number of pyridine rings is 1. The predicted octanol–water partition coefficient (Wildman–Crippen LogP) is 4.62. The van der Waals surface area contributed by atoms with Gasteiger partial charge in [0.1, 0.15) is 12.1 Å². The van der Waals surface area contributed by atoms with E-state index in [0.717, 1.165) is 0 Å². The number of aromatic nitrogens is 4. The van der Waals surface area contributed by atoms with Crippen LogP contribution in [-0.4, -0.2) is 19.9 Å². The van der Waals surface area contributed by atoms with Crippen LogP contribution in [-0.2, 0) is 0 Å². The first-order valence-electron chi connectivity index (χ1n) is 8.11. The first kappa shape index (κ1) is 16.7. The van der Waals surface area contributed by atoms with Gasteiger partial charge in [0.05, 0.1) is 5.69 Å². The fraction of sp³-hybridized carbons (Fsp3) is 0. The van der Waals surface area contributed by atoms with E-state index in [4.69, 9.17) is 0 Å². The Morgan fingerprint density at radius 3 is 2.44 bits per heavy atom. The molecule has 27 heavy (non-hydrogen) atoms. The second kappa shape index (κ2) is 7.25. The van der Waals surface area contributed by atoms with Crippen LogP contribution in [0.5, 0.6) is 0 Å². The van der Waals surface area contributed by atoms with Crippen LogP contribution in [0.3, 0.4) is 0 Å². The number of anilines is 2. The first-order valence-corrected chi connectivity index (χ1v) is 8.11. The van der Waals surface area contributed by atoms with Gasteiger partial charge in [0.2, 0.25) is 5.95 Å². The van der Waals surface area contributed by atoms with Gasteiger partial charge in [0.25, 0.3) is 0 Å². The summed E-state index contributed by atoms with van der Waals surface area (Å²) in [6.07, 6.45) is 4.50. The number of hydrogen-bond acceptors (Lipinski definition) is 5. The Labute approximate surface area is 153 Å². The smallest absolute Gasteiger partial charge is 0.230 e. The van der Waals surface area contributed by atoms with Gasteiger partial charge in [-0.2, -0.15) is 4.98 Å². The van der Waals surface area contributed by atoms with E-state index < -0.39 is 11.6 Å². The van der Waals surface area contributed by atoms with Gasteiger partial charge in [-0.05, 0) is 35.9 Å². The van der Waals surface area contributed by atoms with Crippen LogP contribution in [0.4, 0.5) is 20.4 Å². The van der Waals surface area contributed by atoms with Gasteiger partial charge in [0, 0.05) is 23.5 Å². The maximum Gasteiger partial charge on any atom is 0.230 e. The molecule has 0 aliphatic heterocycles. The second-order valence-corrected chi connectivity index (χ2v) is 5.67. The molecule has 7 heteroatoms. The Kier molecular flexibility index (Phi) is 4.49. The first-order chi connectivity index (χ1) is 13.2. The van der Waals surface area contributed by atoms with Crippen molar-refractivity contribution in [2.45, 2.75) is 0 Å². The molecule has 0 aliphatic carbocycles. The van der Waals surface area contributed by atoms with Gasteiger partial charge in [0.15, 0.2) is 11.6 Å². The largest absolute Gasteiger partial charge is 0.322 e. The Bertz CT molecular complexity index is 1090. The topological polar surface area (TPSA) is 63.6 Å². The molecule has 0 saturated heterocycles. The van der Waals surface area contributed by atoms with E-state index in [2.05, 4.69) is 25.3 Å². The number of nitrogens with zero attached hydrogens (tertiary/aromatic N) is 4. The summed E-state index contributed by atoms with van der Waals surface area (Å²) in [7, 11) is 0. The molecule has 2 heterocycles. The number of benzene rings is 2. The minimum atomic E-state index is -0.434. The van der Waals surface area contributed by atoms with Crippen molar-refractivity contribution in [3.05, 3.63) is 85.0 Å². The van der Waals surface area contributed by atoms with Gasteiger partial charge in [-0.25, -0.2) is 18.7 Å². The predicted molar refractivity (Wildman–Crippen MR) is 98.1 cm³/mol. The van der Waals surface area contributed by atoms with Crippen molar-refractivity contribution < 1.29 is 8.78 Å². The normalized spacial score (nSPS) is 10.6. The van der Waals surface area contributed by atoms with Crippen molar-refractivity contribution in [3.63, 3.8) is 0 Å². The quantitative estimate of drug-likeness (QED) is 0.574. The van der Waals surface area contributed by atoms with E-state index in [1.807, 2.05) is 0 Å². The van der Waals surface area contributed by atoms with Crippen LogP contribution in [0.2, 0.25) is 0 Å². The zero-order chi connectivity index (χ0) is 18.6. The highest BCUT2D eigenvalue weighted by atomic mass is 19.1. The van der Waals surface area contributed by atoms with Gasteiger partial charge in [-0.3, -0.25) is 4.98 Å². The number of halogens is 2. The molecular formula is C20H13F2N5. The lowest BCUT2D eigenvalue weighted by Gasteiger charge is -2.10. The Morgan fingerprint density at radius 1 is 0.815 bits per heavy atom. The van der Waals surface area contributed by atoms with Crippen LogP contribution in [0.15, 0.2) is 73.3 Å². The molecule has 4 rings (SSSR count). The molecular weight excluding hydrogens is 348 g/mol. The van der Waals surface area contributed by atoms with Crippen LogP contribution in [0.1, 0.15) is 0 Å². The van der Waals surface area contributed by atoms with E-state index in [9.17, 15) is 8.78 Å². The number of nitrogens with one attached hydrogen (secondary N) is 1. The standard InChI is InChI=1S/C20H13F2N5/c21-15-4-1-3-14(11-15)19-24-12-25-20(27-19)26-17-6-2-5-16(18(17)22)13-7-9-23-10-8-13/h1-12H,(H,24,25,26,27). The van der Waals surface area contributed by atoms with Crippen molar-refractivity contribution in [3.8, 4) is 22.5 Å². The fourth-order valence-electron chi connectivity index (χ4n) is 2.63. The fourth-order valence-corrected chi connectivity index (χ4v) is 2.63. The lowest BCUT2D eigenvalue weighted by Crippen LogP contribution is -2.02. The molecule has 0 spiro atoms. The summed E-state index contributed by atoms with van der Waals surface area (Å²) in [5.74, 6) is -0.373. The number of hydrogen-bond donors (Lipinski definition) is 1. The van der Waals surface area contributed by atoms with E-state index in [-0.39, 0.29) is 17.5 Å². The highest BCUT2D eigenvalue weighted by Crippen LogP contribution is 2.28. The Morgan fingerprint density at radius 2 is 1.63 bits per heavy atom. The molecule has 2 aromatic heterocycles. The molecule has 0 unspecified atom stereocenters. The Hall–Kier alpha value is -3.74. The molecule has 0 amide bonds. The summed E-state index contributed by atoms with van der Waals surface area (Å²) in [5.41, 5.74) is 1.87. The van der Waals surface area contributed by atoms with Crippen molar-refractivity contribution in [1.82, 2.24) is 19.9 Å². The van der Waals surface area contributed by atoms with E-state index >= 15 is 0 Å². The summed E-state index contributed by atoms with van der Waals surface area (Å²) in [4.78, 5) is 16.3. The summed E-state index contributed by atoms with van der Waals surface area (Å²) in [6, 6.07) is 14.4. The molecule has 5 nitrogen and oxygen atoms in total. The second-order valence-electron chi connectivity index (χ2n) is 5.67. The minimum absolute atomic E-state index is 0.162. The van der Waals surface area contributed by atoms with Gasteiger partial charge >= 0.3 is 0 Å². The average Bonchev–Trinajstić information content (AvgIpc) is 2.70. The van der Waals surface area contributed by atoms with Crippen molar-refractivity contribution in [2.24, 2.45) is 0 Å². The average molecular weight is 361 g/mol. The molecule has 2 aromatic carbocycles. The van der Waals surface area contributed by atoms with Gasteiger partial charge < -0.3 is 5.32 Å². The maximum atomic E-state index is 14.9. The summed E-state index contributed by atoms with van der Waals surface area (Å²) in [5, 5.41) is 2.86. The van der Waals surface area contributed by atoms with E-state index in [1.165, 1.54) is 18.5 Å². The zero-order valence-electron chi connectivity index (χ0n) is 14.0. The van der Waals surface area contributed by atoms with Crippen LogP contribution >= 0.6 is 0 Å². The molecule has 132 valence electrons. The minimum Gasteiger partial charge on any atom is -0.322 e. The summed E-state index contributed by atoms with van der Waals surface area (Å²) < 4.78 is 28.3. The van der Waals surface area contributed by atoms with Crippen molar-refractivity contribution in [2.75, 3.05) is 5.32 Å². The van der Waals surface area contributed by atoms with Crippen molar-refractivity contribution in [1.29, 1.82) is 0 Å². The molecule has 1 N–H and O–H groups in total. The highest BCUT2D eigenvalue weighted by Gasteiger charge is 2.12. The lowest BCUT2D eigenvalue weighted by atomic mass is 10.1. The molecule has 0 fully saturated rings.